The number of rotatable bonds is 4. The van der Waals surface area contributed by atoms with Crippen LogP contribution in [0.4, 0.5) is 5.00 Å². The zero-order chi connectivity index (χ0) is 18.0. The van der Waals surface area contributed by atoms with Gasteiger partial charge in [-0.2, -0.15) is 0 Å². The van der Waals surface area contributed by atoms with Crippen LogP contribution in [0.15, 0.2) is 30.3 Å². The van der Waals surface area contributed by atoms with E-state index in [-0.39, 0.29) is 11.8 Å². The monoisotopic (exact) mass is 357 g/mol. The van der Waals surface area contributed by atoms with Gasteiger partial charge in [0.15, 0.2) is 5.78 Å². The molecule has 0 radical (unpaired) electrons. The van der Waals surface area contributed by atoms with Crippen molar-refractivity contribution in [3.63, 3.8) is 0 Å². The fraction of sp³-hybridized carbons (Fsp3) is 0.400. The summed E-state index contributed by atoms with van der Waals surface area (Å²) in [6.45, 7) is 6.18. The van der Waals surface area contributed by atoms with Crippen LogP contribution in [-0.2, 0) is 17.7 Å². The molecule has 0 amide bonds. The third-order valence-electron chi connectivity index (χ3n) is 4.00. The summed E-state index contributed by atoms with van der Waals surface area (Å²) in [5.41, 5.74) is 2.12. The molecule has 3 rings (SSSR count). The molecule has 132 valence electrons. The number of anilines is 1. The van der Waals surface area contributed by atoms with Crippen molar-refractivity contribution in [2.75, 3.05) is 5.32 Å². The molecule has 4 nitrogen and oxygen atoms in total. The Bertz CT molecular complexity index is 787. The van der Waals surface area contributed by atoms with Crippen molar-refractivity contribution in [1.29, 1.82) is 0 Å². The van der Waals surface area contributed by atoms with E-state index in [1.165, 1.54) is 11.3 Å². The molecule has 0 unspecified atom stereocenters. The molecule has 1 aromatic heterocycles. The Labute approximate surface area is 152 Å². The third kappa shape index (κ3) is 4.10. The van der Waals surface area contributed by atoms with Crippen LogP contribution in [-0.4, -0.2) is 17.4 Å². The highest BCUT2D eigenvalue weighted by molar-refractivity contribution is 7.18. The molecule has 0 atom stereocenters. The fourth-order valence-electron chi connectivity index (χ4n) is 2.94. The lowest BCUT2D eigenvalue weighted by Crippen LogP contribution is -2.24. The van der Waals surface area contributed by atoms with Crippen molar-refractivity contribution < 1.29 is 14.3 Å². The number of benzene rings is 1. The number of nitrogens with one attached hydrogen (secondary N) is 1. The fourth-order valence-corrected chi connectivity index (χ4v) is 4.08. The number of fused-ring (bicyclic) bond motifs is 1. The quantitative estimate of drug-likeness (QED) is 0.796. The van der Waals surface area contributed by atoms with E-state index in [0.29, 0.717) is 23.4 Å². The summed E-state index contributed by atoms with van der Waals surface area (Å²) >= 11 is 1.34. The van der Waals surface area contributed by atoms with Gasteiger partial charge in [-0.05, 0) is 44.7 Å². The van der Waals surface area contributed by atoms with Gasteiger partial charge in [-0.3, -0.25) is 4.79 Å². The number of thiophene rings is 1. The van der Waals surface area contributed by atoms with Crippen LogP contribution in [0.2, 0.25) is 0 Å². The molecule has 0 saturated heterocycles. The largest absolute Gasteiger partial charge is 0.456 e. The smallest absolute Gasteiger partial charge is 0.349 e. The molecule has 1 aliphatic carbocycles. The van der Waals surface area contributed by atoms with Gasteiger partial charge < -0.3 is 10.1 Å². The minimum atomic E-state index is -0.551. The van der Waals surface area contributed by atoms with Crippen LogP contribution >= 0.6 is 11.3 Å². The van der Waals surface area contributed by atoms with Crippen LogP contribution in [0.5, 0.6) is 0 Å². The highest BCUT2D eigenvalue weighted by Crippen LogP contribution is 2.39. The Morgan fingerprint density at radius 3 is 2.60 bits per heavy atom. The SMILES string of the molecule is CC(C)(C)OC(=O)c1sc(NCc2ccccc2)c2c1CCCC2=O. The second-order valence-corrected chi connectivity index (χ2v) is 8.25. The van der Waals surface area contributed by atoms with E-state index in [1.54, 1.807) is 0 Å². The summed E-state index contributed by atoms with van der Waals surface area (Å²) in [5.74, 6) is -0.223. The second-order valence-electron chi connectivity index (χ2n) is 7.23. The maximum absolute atomic E-state index is 12.6. The highest BCUT2D eigenvalue weighted by atomic mass is 32.1. The predicted octanol–water partition coefficient (Wildman–Crippen LogP) is 4.83. The van der Waals surface area contributed by atoms with Crippen molar-refractivity contribution >= 4 is 28.1 Å². The number of Topliss-reactive ketones (excluding diaryl/α,β-unsaturated/α-hetero) is 1. The Kier molecular flexibility index (Phi) is 4.95. The number of ketones is 1. The summed E-state index contributed by atoms with van der Waals surface area (Å²) in [6, 6.07) is 10.0. The van der Waals surface area contributed by atoms with Crippen molar-refractivity contribution in [2.24, 2.45) is 0 Å². The van der Waals surface area contributed by atoms with E-state index in [4.69, 9.17) is 4.74 Å². The summed E-state index contributed by atoms with van der Waals surface area (Å²) in [6.07, 6.45) is 2.08. The predicted molar refractivity (Wildman–Crippen MR) is 101 cm³/mol. The number of hydrogen-bond donors (Lipinski definition) is 1. The normalized spacial score (nSPS) is 14.1. The molecule has 0 saturated carbocycles. The van der Waals surface area contributed by atoms with Crippen LogP contribution in [0.25, 0.3) is 0 Å². The molecule has 1 aromatic carbocycles. The van der Waals surface area contributed by atoms with Gasteiger partial charge in [-0.1, -0.05) is 30.3 Å². The first-order valence-electron chi connectivity index (χ1n) is 8.55. The van der Waals surface area contributed by atoms with E-state index < -0.39 is 5.60 Å². The minimum absolute atomic E-state index is 0.114. The highest BCUT2D eigenvalue weighted by Gasteiger charge is 2.31. The summed E-state index contributed by atoms with van der Waals surface area (Å²) in [5, 5.41) is 4.13. The minimum Gasteiger partial charge on any atom is -0.456 e. The van der Waals surface area contributed by atoms with Crippen LogP contribution in [0.1, 0.15) is 64.8 Å². The van der Waals surface area contributed by atoms with Crippen LogP contribution in [0, 0.1) is 0 Å². The molecule has 5 heteroatoms. The van der Waals surface area contributed by atoms with E-state index in [1.807, 2.05) is 51.1 Å². The van der Waals surface area contributed by atoms with Gasteiger partial charge in [-0.25, -0.2) is 4.79 Å². The Hall–Kier alpha value is -2.14. The topological polar surface area (TPSA) is 55.4 Å². The molecule has 0 fully saturated rings. The Balaban J connectivity index is 1.90. The average molecular weight is 357 g/mol. The van der Waals surface area contributed by atoms with E-state index >= 15 is 0 Å². The average Bonchev–Trinajstić information content (AvgIpc) is 2.93. The molecule has 1 N–H and O–H groups in total. The number of carbonyl (C=O) groups is 2. The molecular formula is C20H23NO3S. The maximum Gasteiger partial charge on any atom is 0.349 e. The number of esters is 1. The molecule has 0 aliphatic heterocycles. The molecular weight excluding hydrogens is 334 g/mol. The van der Waals surface area contributed by atoms with E-state index in [2.05, 4.69) is 5.32 Å². The summed E-state index contributed by atoms with van der Waals surface area (Å²) in [4.78, 5) is 25.6. The van der Waals surface area contributed by atoms with Crippen LogP contribution < -0.4 is 5.32 Å². The van der Waals surface area contributed by atoms with Gasteiger partial charge in [0.1, 0.15) is 15.5 Å². The van der Waals surface area contributed by atoms with Crippen molar-refractivity contribution in [3.05, 3.63) is 51.9 Å². The first kappa shape index (κ1) is 17.7. The Morgan fingerprint density at radius 1 is 1.20 bits per heavy atom. The zero-order valence-electron chi connectivity index (χ0n) is 14.8. The third-order valence-corrected chi connectivity index (χ3v) is 5.17. The summed E-state index contributed by atoms with van der Waals surface area (Å²) < 4.78 is 5.53. The maximum atomic E-state index is 12.6. The van der Waals surface area contributed by atoms with Crippen LogP contribution in [0.3, 0.4) is 0 Å². The van der Waals surface area contributed by atoms with Gasteiger partial charge >= 0.3 is 5.97 Å². The van der Waals surface area contributed by atoms with Gasteiger partial charge in [0.05, 0.1) is 5.56 Å². The first-order chi connectivity index (χ1) is 11.8. The molecule has 1 aliphatic rings. The van der Waals surface area contributed by atoms with Gasteiger partial charge in [0.25, 0.3) is 0 Å². The lowest BCUT2D eigenvalue weighted by Gasteiger charge is -2.20. The molecule has 2 aromatic rings. The van der Waals surface area contributed by atoms with E-state index in [9.17, 15) is 9.59 Å². The van der Waals surface area contributed by atoms with Gasteiger partial charge in [-0.15, -0.1) is 11.3 Å². The molecule has 0 bridgehead atoms. The van der Waals surface area contributed by atoms with E-state index in [0.717, 1.165) is 29.0 Å². The molecule has 25 heavy (non-hydrogen) atoms. The molecule has 1 heterocycles. The Morgan fingerprint density at radius 2 is 1.92 bits per heavy atom. The zero-order valence-corrected chi connectivity index (χ0v) is 15.7. The number of ether oxygens (including phenoxy) is 1. The standard InChI is InChI=1S/C20H23NO3S/c1-20(2,3)24-19(23)17-14-10-7-11-15(22)16(14)18(25-17)21-12-13-8-5-4-6-9-13/h4-6,8-9,21H,7,10-12H2,1-3H3. The molecule has 0 spiro atoms. The van der Waals surface area contributed by atoms with Crippen molar-refractivity contribution in [2.45, 2.75) is 52.2 Å². The second kappa shape index (κ2) is 7.00. The van der Waals surface area contributed by atoms with Gasteiger partial charge in [0.2, 0.25) is 0 Å². The summed E-state index contributed by atoms with van der Waals surface area (Å²) in [7, 11) is 0. The van der Waals surface area contributed by atoms with Crippen molar-refractivity contribution in [1.82, 2.24) is 0 Å². The lowest BCUT2D eigenvalue weighted by atomic mass is 9.92. The van der Waals surface area contributed by atoms with Gasteiger partial charge in [0, 0.05) is 13.0 Å². The lowest BCUT2D eigenvalue weighted by molar-refractivity contribution is 0.00741. The first-order valence-corrected chi connectivity index (χ1v) is 9.37. The number of hydrogen-bond acceptors (Lipinski definition) is 5. The number of carbonyl (C=O) groups excluding carboxylic acids is 2. The van der Waals surface area contributed by atoms with Crippen molar-refractivity contribution in [3.8, 4) is 0 Å².